The van der Waals surface area contributed by atoms with E-state index in [0.717, 1.165) is 29.9 Å². The van der Waals surface area contributed by atoms with Crippen molar-refractivity contribution in [3.63, 3.8) is 0 Å². The van der Waals surface area contributed by atoms with E-state index in [-0.39, 0.29) is 17.8 Å². The van der Waals surface area contributed by atoms with Gasteiger partial charge in [0.15, 0.2) is 0 Å². The molecule has 6 N–H and O–H groups in total. The SMILES string of the molecule is Nc1nc(NCCc2nc3ccc(F)cc3[nH]2)cc(C2CC(N)C2)n1. The molecule has 0 radical (unpaired) electrons. The van der Waals surface area contributed by atoms with Crippen LogP contribution in [0.25, 0.3) is 11.0 Å². The minimum absolute atomic E-state index is 0.260. The Morgan fingerprint density at radius 1 is 1.20 bits per heavy atom. The summed E-state index contributed by atoms with van der Waals surface area (Å²) in [5, 5.41) is 3.25. The van der Waals surface area contributed by atoms with Crippen LogP contribution in [0.4, 0.5) is 16.2 Å². The lowest BCUT2D eigenvalue weighted by molar-refractivity contribution is 0.345. The quantitative estimate of drug-likeness (QED) is 0.563. The number of nitrogen functional groups attached to an aromatic ring is 1. The summed E-state index contributed by atoms with van der Waals surface area (Å²) in [4.78, 5) is 16.1. The molecule has 1 aliphatic rings. The highest BCUT2D eigenvalue weighted by Gasteiger charge is 2.29. The van der Waals surface area contributed by atoms with E-state index in [4.69, 9.17) is 11.5 Å². The van der Waals surface area contributed by atoms with Crippen LogP contribution in [0.15, 0.2) is 24.3 Å². The van der Waals surface area contributed by atoms with Crippen LogP contribution in [0.1, 0.15) is 30.3 Å². The summed E-state index contributed by atoms with van der Waals surface area (Å²) in [5.41, 5.74) is 14.1. The standard InChI is InChI=1S/C17H20FN7/c18-10-1-2-12-14(7-10)23-15(22-12)3-4-21-16-8-13(24-17(20)25-16)9-5-11(19)6-9/h1-2,7-9,11H,3-6,19H2,(H,22,23)(H3,20,21,24,25). The Bertz CT molecular complexity index is 901. The van der Waals surface area contributed by atoms with Gasteiger partial charge in [-0.1, -0.05) is 0 Å². The predicted octanol–water partition coefficient (Wildman–Crippen LogP) is 1.93. The summed E-state index contributed by atoms with van der Waals surface area (Å²) >= 11 is 0. The summed E-state index contributed by atoms with van der Waals surface area (Å²) in [7, 11) is 0. The van der Waals surface area contributed by atoms with Crippen LogP contribution < -0.4 is 16.8 Å². The van der Waals surface area contributed by atoms with E-state index in [1.807, 2.05) is 6.07 Å². The number of nitrogens with zero attached hydrogens (tertiary/aromatic N) is 3. The highest BCUT2D eigenvalue weighted by molar-refractivity contribution is 5.74. The molecule has 0 saturated heterocycles. The summed E-state index contributed by atoms with van der Waals surface area (Å²) in [6, 6.07) is 6.71. The van der Waals surface area contributed by atoms with E-state index >= 15 is 0 Å². The third-order valence-corrected chi connectivity index (χ3v) is 4.52. The number of fused-ring (bicyclic) bond motifs is 1. The Kier molecular flexibility index (Phi) is 3.96. The first-order valence-corrected chi connectivity index (χ1v) is 8.35. The molecular formula is C17H20FN7. The maximum absolute atomic E-state index is 13.2. The number of rotatable bonds is 5. The number of halogens is 1. The van der Waals surface area contributed by atoms with Gasteiger partial charge in [0.25, 0.3) is 0 Å². The first-order valence-electron chi connectivity index (χ1n) is 8.35. The van der Waals surface area contributed by atoms with Gasteiger partial charge in [0, 0.05) is 31.0 Å². The highest BCUT2D eigenvalue weighted by Crippen LogP contribution is 2.35. The van der Waals surface area contributed by atoms with Gasteiger partial charge >= 0.3 is 0 Å². The zero-order valence-electron chi connectivity index (χ0n) is 13.7. The van der Waals surface area contributed by atoms with Crippen molar-refractivity contribution in [1.29, 1.82) is 0 Å². The van der Waals surface area contributed by atoms with E-state index in [0.29, 0.717) is 30.2 Å². The monoisotopic (exact) mass is 341 g/mol. The first-order chi connectivity index (χ1) is 12.1. The lowest BCUT2D eigenvalue weighted by Crippen LogP contribution is -2.35. The molecule has 7 nitrogen and oxygen atoms in total. The fraction of sp³-hybridized carbons (Fsp3) is 0.353. The van der Waals surface area contributed by atoms with Gasteiger partial charge in [-0.15, -0.1) is 0 Å². The second-order valence-electron chi connectivity index (χ2n) is 6.49. The van der Waals surface area contributed by atoms with E-state index in [1.165, 1.54) is 12.1 Å². The van der Waals surface area contributed by atoms with E-state index < -0.39 is 0 Å². The van der Waals surface area contributed by atoms with Crippen molar-refractivity contribution >= 4 is 22.8 Å². The first kappa shape index (κ1) is 15.8. The van der Waals surface area contributed by atoms with Crippen molar-refractivity contribution in [3.8, 4) is 0 Å². The number of anilines is 2. The Labute approximate surface area is 144 Å². The second-order valence-corrected chi connectivity index (χ2v) is 6.49. The summed E-state index contributed by atoms with van der Waals surface area (Å²) in [6.45, 7) is 0.627. The molecule has 0 amide bonds. The van der Waals surface area contributed by atoms with E-state index in [2.05, 4.69) is 25.3 Å². The van der Waals surface area contributed by atoms with Crippen LogP contribution in [0.3, 0.4) is 0 Å². The van der Waals surface area contributed by atoms with Gasteiger partial charge in [-0.2, -0.15) is 4.98 Å². The minimum Gasteiger partial charge on any atom is -0.369 e. The fourth-order valence-corrected chi connectivity index (χ4v) is 3.15. The molecule has 1 saturated carbocycles. The van der Waals surface area contributed by atoms with Crippen molar-refractivity contribution in [2.75, 3.05) is 17.6 Å². The zero-order chi connectivity index (χ0) is 17.4. The zero-order valence-corrected chi connectivity index (χ0v) is 13.7. The average Bonchev–Trinajstić information content (AvgIpc) is 2.93. The number of hydrogen-bond donors (Lipinski definition) is 4. The van der Waals surface area contributed by atoms with E-state index in [1.54, 1.807) is 6.07 Å². The maximum Gasteiger partial charge on any atom is 0.222 e. The third-order valence-electron chi connectivity index (χ3n) is 4.52. The number of aromatic nitrogens is 4. The topological polar surface area (TPSA) is 119 Å². The Morgan fingerprint density at radius 3 is 2.84 bits per heavy atom. The number of aromatic amines is 1. The van der Waals surface area contributed by atoms with E-state index in [9.17, 15) is 4.39 Å². The summed E-state index contributed by atoms with van der Waals surface area (Å²) in [5.74, 6) is 1.84. The molecule has 0 unspecified atom stereocenters. The molecule has 3 aromatic rings. The van der Waals surface area contributed by atoms with Crippen molar-refractivity contribution in [2.24, 2.45) is 5.73 Å². The van der Waals surface area contributed by atoms with Gasteiger partial charge in [-0.3, -0.25) is 0 Å². The number of nitrogens with two attached hydrogens (primary N) is 2. The molecule has 130 valence electrons. The van der Waals surface area contributed by atoms with Crippen molar-refractivity contribution < 1.29 is 4.39 Å². The fourth-order valence-electron chi connectivity index (χ4n) is 3.15. The maximum atomic E-state index is 13.2. The molecule has 25 heavy (non-hydrogen) atoms. The van der Waals surface area contributed by atoms with Gasteiger partial charge in [-0.25, -0.2) is 14.4 Å². The van der Waals surface area contributed by atoms with Crippen LogP contribution in [0.2, 0.25) is 0 Å². The molecular weight excluding hydrogens is 321 g/mol. The number of H-pyrrole nitrogens is 1. The molecule has 4 rings (SSSR count). The number of benzene rings is 1. The van der Waals surface area contributed by atoms with Crippen LogP contribution >= 0.6 is 0 Å². The molecule has 0 spiro atoms. The normalized spacial score (nSPS) is 19.8. The third kappa shape index (κ3) is 3.39. The van der Waals surface area contributed by atoms with Gasteiger partial charge in [0.2, 0.25) is 5.95 Å². The van der Waals surface area contributed by atoms with Crippen molar-refractivity contribution in [1.82, 2.24) is 19.9 Å². The van der Waals surface area contributed by atoms with Crippen LogP contribution in [0.5, 0.6) is 0 Å². The molecule has 0 aliphatic heterocycles. The van der Waals surface area contributed by atoms with Crippen LogP contribution in [0, 0.1) is 5.82 Å². The smallest absolute Gasteiger partial charge is 0.222 e. The van der Waals surface area contributed by atoms with Gasteiger partial charge in [0.1, 0.15) is 17.5 Å². The van der Waals surface area contributed by atoms with Gasteiger partial charge in [-0.05, 0) is 31.0 Å². The van der Waals surface area contributed by atoms with Crippen molar-refractivity contribution in [2.45, 2.75) is 31.2 Å². The highest BCUT2D eigenvalue weighted by atomic mass is 19.1. The molecule has 8 heteroatoms. The molecule has 0 bridgehead atoms. The van der Waals surface area contributed by atoms with Gasteiger partial charge in [0.05, 0.1) is 16.7 Å². The molecule has 2 aromatic heterocycles. The number of imidazole rings is 1. The molecule has 1 fully saturated rings. The van der Waals surface area contributed by atoms with Gasteiger partial charge < -0.3 is 21.8 Å². The average molecular weight is 341 g/mol. The lowest BCUT2D eigenvalue weighted by Gasteiger charge is -2.32. The van der Waals surface area contributed by atoms with Crippen molar-refractivity contribution in [3.05, 3.63) is 41.6 Å². The lowest BCUT2D eigenvalue weighted by atomic mass is 9.78. The molecule has 1 aliphatic carbocycles. The summed E-state index contributed by atoms with van der Waals surface area (Å²) < 4.78 is 13.2. The Hall–Kier alpha value is -2.74. The number of hydrogen-bond acceptors (Lipinski definition) is 6. The molecule has 2 heterocycles. The Morgan fingerprint density at radius 2 is 2.04 bits per heavy atom. The van der Waals surface area contributed by atoms with Crippen LogP contribution in [-0.2, 0) is 6.42 Å². The minimum atomic E-state index is -0.277. The molecule has 0 atom stereocenters. The van der Waals surface area contributed by atoms with Crippen LogP contribution in [-0.4, -0.2) is 32.5 Å². The second kappa shape index (κ2) is 6.29. The molecule has 1 aromatic carbocycles. The largest absolute Gasteiger partial charge is 0.369 e. The Balaban J connectivity index is 1.40. The predicted molar refractivity (Wildman–Crippen MR) is 94.6 cm³/mol. The number of nitrogens with one attached hydrogen (secondary N) is 2. The summed E-state index contributed by atoms with van der Waals surface area (Å²) in [6.07, 6.45) is 2.53.